The molecular weight excluding hydrogens is 256 g/mol. The Balaban J connectivity index is 2.11. The van der Waals surface area contributed by atoms with Gasteiger partial charge in [0.25, 0.3) is 0 Å². The van der Waals surface area contributed by atoms with Gasteiger partial charge in [-0.15, -0.1) is 0 Å². The topological polar surface area (TPSA) is 67.4 Å². The molecule has 1 saturated heterocycles. The Morgan fingerprint density at radius 1 is 1.40 bits per heavy atom. The molecule has 5 heteroatoms. The van der Waals surface area contributed by atoms with Gasteiger partial charge in [-0.25, -0.2) is 4.79 Å². The van der Waals surface area contributed by atoms with Crippen LogP contribution < -0.4 is 10.6 Å². The van der Waals surface area contributed by atoms with Crippen molar-refractivity contribution in [3.8, 4) is 0 Å². The molecule has 1 fully saturated rings. The zero-order valence-corrected chi connectivity index (χ0v) is 11.9. The Bertz CT molecular complexity index is 508. The first-order chi connectivity index (χ1) is 9.61. The van der Waals surface area contributed by atoms with E-state index in [9.17, 15) is 9.59 Å². The van der Waals surface area contributed by atoms with Crippen LogP contribution in [0.4, 0.5) is 5.69 Å². The van der Waals surface area contributed by atoms with Gasteiger partial charge in [-0.2, -0.15) is 0 Å². The van der Waals surface area contributed by atoms with Gasteiger partial charge in [0.05, 0.1) is 18.6 Å². The Labute approximate surface area is 118 Å². The second-order valence-corrected chi connectivity index (χ2v) is 5.05. The molecule has 1 amide bonds. The number of carbonyl (C=O) groups excluding carboxylic acids is 2. The lowest BCUT2D eigenvalue weighted by molar-refractivity contribution is -0.120. The number of benzene rings is 1. The summed E-state index contributed by atoms with van der Waals surface area (Å²) in [6.45, 7) is 3.58. The molecule has 1 aromatic rings. The summed E-state index contributed by atoms with van der Waals surface area (Å²) in [4.78, 5) is 23.7. The quantitative estimate of drug-likeness (QED) is 0.825. The van der Waals surface area contributed by atoms with Crippen molar-refractivity contribution in [2.24, 2.45) is 5.92 Å². The van der Waals surface area contributed by atoms with Crippen molar-refractivity contribution in [3.05, 3.63) is 29.3 Å². The second kappa shape index (κ2) is 6.52. The van der Waals surface area contributed by atoms with Crippen molar-refractivity contribution in [3.63, 3.8) is 0 Å². The van der Waals surface area contributed by atoms with E-state index < -0.39 is 5.97 Å². The zero-order chi connectivity index (χ0) is 14.5. The van der Waals surface area contributed by atoms with Gasteiger partial charge in [-0.3, -0.25) is 4.79 Å². The third-order valence-corrected chi connectivity index (χ3v) is 3.58. The molecule has 0 aromatic heterocycles. The number of ether oxygens (including phenoxy) is 1. The molecule has 0 bridgehead atoms. The van der Waals surface area contributed by atoms with E-state index in [-0.39, 0.29) is 11.8 Å². The number of rotatable bonds is 3. The first kappa shape index (κ1) is 14.5. The van der Waals surface area contributed by atoms with Gasteiger partial charge in [0.2, 0.25) is 5.91 Å². The Morgan fingerprint density at radius 2 is 2.20 bits per heavy atom. The summed E-state index contributed by atoms with van der Waals surface area (Å²) in [7, 11) is 1.34. The first-order valence-electron chi connectivity index (χ1n) is 6.82. The number of anilines is 1. The molecule has 0 spiro atoms. The molecule has 108 valence electrons. The van der Waals surface area contributed by atoms with Gasteiger partial charge in [-0.1, -0.05) is 6.07 Å². The number of esters is 1. The fourth-order valence-corrected chi connectivity index (χ4v) is 2.31. The normalized spacial score (nSPS) is 18.4. The Kier molecular flexibility index (Phi) is 4.74. The van der Waals surface area contributed by atoms with Gasteiger partial charge >= 0.3 is 5.97 Å². The maximum Gasteiger partial charge on any atom is 0.337 e. The van der Waals surface area contributed by atoms with Crippen molar-refractivity contribution in [1.29, 1.82) is 0 Å². The number of hydrogen-bond donors (Lipinski definition) is 2. The van der Waals surface area contributed by atoms with Crippen LogP contribution >= 0.6 is 0 Å². The van der Waals surface area contributed by atoms with Crippen molar-refractivity contribution in [2.45, 2.75) is 19.8 Å². The highest BCUT2D eigenvalue weighted by Gasteiger charge is 2.21. The highest BCUT2D eigenvalue weighted by molar-refractivity contribution is 5.96. The largest absolute Gasteiger partial charge is 0.465 e. The molecule has 20 heavy (non-hydrogen) atoms. The van der Waals surface area contributed by atoms with Crippen molar-refractivity contribution >= 4 is 17.6 Å². The predicted octanol–water partition coefficient (Wildman–Crippen LogP) is 1.72. The van der Waals surface area contributed by atoms with Gasteiger partial charge in [-0.05, 0) is 44.0 Å². The number of hydrogen-bond acceptors (Lipinski definition) is 4. The summed E-state index contributed by atoms with van der Waals surface area (Å²) < 4.78 is 4.69. The molecule has 0 radical (unpaired) electrons. The van der Waals surface area contributed by atoms with Gasteiger partial charge in [0.15, 0.2) is 0 Å². The van der Waals surface area contributed by atoms with Gasteiger partial charge < -0.3 is 15.4 Å². The van der Waals surface area contributed by atoms with E-state index in [2.05, 4.69) is 10.6 Å². The van der Waals surface area contributed by atoms with Crippen molar-refractivity contribution < 1.29 is 14.3 Å². The summed E-state index contributed by atoms with van der Waals surface area (Å²) in [5, 5.41) is 6.13. The van der Waals surface area contributed by atoms with Crippen LogP contribution in [0.3, 0.4) is 0 Å². The van der Waals surface area contributed by atoms with E-state index >= 15 is 0 Å². The molecule has 1 aliphatic rings. The molecule has 0 saturated carbocycles. The van der Waals surface area contributed by atoms with Gasteiger partial charge in [0, 0.05) is 12.2 Å². The van der Waals surface area contributed by atoms with E-state index in [0.717, 1.165) is 24.9 Å². The fraction of sp³-hybridized carbons (Fsp3) is 0.467. The van der Waals surface area contributed by atoms with E-state index in [1.165, 1.54) is 7.11 Å². The number of piperidine rings is 1. The van der Waals surface area contributed by atoms with Crippen LogP contribution in [0.2, 0.25) is 0 Å². The summed E-state index contributed by atoms with van der Waals surface area (Å²) >= 11 is 0. The maximum atomic E-state index is 12.2. The second-order valence-electron chi connectivity index (χ2n) is 5.05. The molecule has 5 nitrogen and oxygen atoms in total. The third kappa shape index (κ3) is 3.36. The lowest BCUT2D eigenvalue weighted by Crippen LogP contribution is -2.37. The van der Waals surface area contributed by atoms with E-state index in [1.807, 2.05) is 6.92 Å². The maximum absolute atomic E-state index is 12.2. The van der Waals surface area contributed by atoms with Crippen LogP contribution in [0, 0.1) is 12.8 Å². The lowest BCUT2D eigenvalue weighted by Gasteiger charge is -2.22. The van der Waals surface area contributed by atoms with E-state index in [0.29, 0.717) is 17.8 Å². The highest BCUT2D eigenvalue weighted by Crippen LogP contribution is 2.20. The number of carbonyl (C=O) groups is 2. The summed E-state index contributed by atoms with van der Waals surface area (Å²) in [6, 6.07) is 5.16. The Hall–Kier alpha value is -1.88. The summed E-state index contributed by atoms with van der Waals surface area (Å²) in [5.41, 5.74) is 2.04. The van der Waals surface area contributed by atoms with Gasteiger partial charge in [0.1, 0.15) is 0 Å². The molecule has 1 aromatic carbocycles. The number of methoxy groups -OCH3 is 1. The SMILES string of the molecule is COC(=O)c1ccc(C)c(NC(=O)C2CCCNC2)c1. The average Bonchev–Trinajstić information content (AvgIpc) is 2.49. The van der Waals surface area contributed by atoms with Crippen LogP contribution in [0.15, 0.2) is 18.2 Å². The third-order valence-electron chi connectivity index (χ3n) is 3.58. The van der Waals surface area contributed by atoms with Crippen LogP contribution in [-0.4, -0.2) is 32.1 Å². The van der Waals surface area contributed by atoms with E-state index in [1.54, 1.807) is 18.2 Å². The Morgan fingerprint density at radius 3 is 2.85 bits per heavy atom. The van der Waals surface area contributed by atoms with Crippen LogP contribution in [0.25, 0.3) is 0 Å². The summed E-state index contributed by atoms with van der Waals surface area (Å²) in [6.07, 6.45) is 1.91. The van der Waals surface area contributed by atoms with E-state index in [4.69, 9.17) is 4.74 Å². The molecule has 1 atom stereocenters. The lowest BCUT2D eigenvalue weighted by atomic mass is 9.98. The number of amides is 1. The smallest absolute Gasteiger partial charge is 0.337 e. The standard InChI is InChI=1S/C15H20N2O3/c1-10-5-6-11(15(19)20-2)8-13(10)17-14(18)12-4-3-7-16-9-12/h5-6,8,12,16H,3-4,7,9H2,1-2H3,(H,17,18). The van der Waals surface area contributed by atoms with Crippen molar-refractivity contribution in [1.82, 2.24) is 5.32 Å². The number of nitrogens with one attached hydrogen (secondary N) is 2. The van der Waals surface area contributed by atoms with Crippen molar-refractivity contribution in [2.75, 3.05) is 25.5 Å². The predicted molar refractivity (Wildman–Crippen MR) is 76.7 cm³/mol. The minimum absolute atomic E-state index is 0.00214. The molecule has 1 aliphatic heterocycles. The molecule has 2 rings (SSSR count). The number of aryl methyl sites for hydroxylation is 1. The fourth-order valence-electron chi connectivity index (χ4n) is 2.31. The minimum atomic E-state index is -0.403. The molecule has 1 heterocycles. The zero-order valence-electron chi connectivity index (χ0n) is 11.9. The van der Waals surface area contributed by atoms with Crippen LogP contribution in [0.1, 0.15) is 28.8 Å². The highest BCUT2D eigenvalue weighted by atomic mass is 16.5. The summed E-state index contributed by atoms with van der Waals surface area (Å²) in [5.74, 6) is -0.410. The minimum Gasteiger partial charge on any atom is -0.465 e. The molecule has 0 aliphatic carbocycles. The van der Waals surface area contributed by atoms with Crippen LogP contribution in [0.5, 0.6) is 0 Å². The first-order valence-corrected chi connectivity index (χ1v) is 6.82. The molecular formula is C15H20N2O3. The van der Waals surface area contributed by atoms with Crippen LogP contribution in [-0.2, 0) is 9.53 Å². The average molecular weight is 276 g/mol. The molecule has 1 unspecified atom stereocenters. The molecule has 2 N–H and O–H groups in total. The monoisotopic (exact) mass is 276 g/mol.